The Balaban J connectivity index is 0.000000225. The molecule has 0 aromatic heterocycles. The Morgan fingerprint density at radius 1 is 0.766 bits per heavy atom. The molecule has 4 saturated carbocycles. The maximum absolute atomic E-state index is 13.8. The van der Waals surface area contributed by atoms with Gasteiger partial charge in [-0.1, -0.05) is 61.3 Å². The summed E-state index contributed by atoms with van der Waals surface area (Å²) in [6.45, 7) is 21.9. The Morgan fingerprint density at radius 3 is 1.68 bits per heavy atom. The summed E-state index contributed by atoms with van der Waals surface area (Å²) in [5, 5.41) is 6.14. The van der Waals surface area contributed by atoms with Crippen molar-refractivity contribution in [2.45, 2.75) is 144 Å². The highest BCUT2D eigenvalue weighted by atomic mass is 16.6. The normalized spacial score (nSPS) is 33.7. The first-order chi connectivity index (χ1) is 21.5. The lowest BCUT2D eigenvalue weighted by molar-refractivity contribution is -0.152. The van der Waals surface area contributed by atoms with Crippen LogP contribution in [0.2, 0.25) is 0 Å². The molecule has 0 radical (unpaired) electrons. The lowest BCUT2D eigenvalue weighted by Crippen LogP contribution is -2.57. The molecule has 0 aromatic carbocycles. The fraction of sp³-hybridized carbons (Fsp3) is 0.892. The van der Waals surface area contributed by atoms with Crippen molar-refractivity contribution in [3.05, 3.63) is 0 Å². The molecule has 266 valence electrons. The van der Waals surface area contributed by atoms with Gasteiger partial charge in [0.1, 0.15) is 23.7 Å². The molecule has 0 bridgehead atoms. The van der Waals surface area contributed by atoms with Crippen molar-refractivity contribution in [2.24, 2.45) is 37.9 Å². The number of esters is 2. The summed E-state index contributed by atoms with van der Waals surface area (Å²) in [4.78, 5) is 52.3. The highest BCUT2D eigenvalue weighted by Crippen LogP contribution is 2.89. The number of fused-ring (bicyclic) bond motifs is 2. The molecule has 10 heteroatoms. The van der Waals surface area contributed by atoms with E-state index < -0.39 is 29.2 Å². The average molecular weight is 660 g/mol. The van der Waals surface area contributed by atoms with Crippen molar-refractivity contribution in [3.63, 3.8) is 0 Å². The maximum Gasteiger partial charge on any atom is 0.408 e. The SMILES string of the molecule is COC(=O)[C@@H]1C[C@@]2(CN1)C(C)(C)C21CCC1.COC(=O)[C@@H]1C[C@@]2(CN1C(=O)[C@@H](NC(=O)OC(C)(C)C)C(C)(C)C)C(C)(C)C21CCC1. The monoisotopic (exact) mass is 659 g/mol. The van der Waals surface area contributed by atoms with Crippen molar-refractivity contribution in [1.29, 1.82) is 0 Å². The molecule has 2 heterocycles. The van der Waals surface area contributed by atoms with E-state index in [2.05, 4.69) is 38.3 Å². The van der Waals surface area contributed by atoms with Crippen LogP contribution in [0.5, 0.6) is 0 Å². The van der Waals surface area contributed by atoms with Gasteiger partial charge in [-0.3, -0.25) is 9.59 Å². The molecule has 4 aliphatic carbocycles. The van der Waals surface area contributed by atoms with Crippen molar-refractivity contribution < 1.29 is 33.4 Å². The van der Waals surface area contributed by atoms with Gasteiger partial charge in [0.15, 0.2) is 0 Å². The van der Waals surface area contributed by atoms with Crippen LogP contribution >= 0.6 is 0 Å². The molecule has 4 spiro atoms. The van der Waals surface area contributed by atoms with Gasteiger partial charge < -0.3 is 29.7 Å². The van der Waals surface area contributed by atoms with Gasteiger partial charge in [-0.05, 0) is 91.8 Å². The third-order valence-corrected chi connectivity index (χ3v) is 14.5. The largest absolute Gasteiger partial charge is 0.468 e. The van der Waals surface area contributed by atoms with Crippen LogP contribution in [0.1, 0.15) is 121 Å². The number of nitrogens with one attached hydrogen (secondary N) is 2. The molecule has 10 nitrogen and oxygen atoms in total. The highest BCUT2D eigenvalue weighted by Gasteiger charge is 2.86. The Bertz CT molecular complexity index is 1300. The van der Waals surface area contributed by atoms with Crippen LogP contribution in [-0.2, 0) is 28.6 Å². The molecule has 2 saturated heterocycles. The fourth-order valence-corrected chi connectivity index (χ4v) is 11.2. The molecular formula is C37H61N3O7. The Labute approximate surface area is 282 Å². The van der Waals surface area contributed by atoms with Gasteiger partial charge in [0.05, 0.1) is 14.2 Å². The van der Waals surface area contributed by atoms with Crippen LogP contribution in [-0.4, -0.2) is 79.9 Å². The number of carbonyl (C=O) groups excluding carboxylic acids is 4. The van der Waals surface area contributed by atoms with Gasteiger partial charge in [-0.2, -0.15) is 0 Å². The van der Waals surface area contributed by atoms with Crippen molar-refractivity contribution in [3.8, 4) is 0 Å². The van der Waals surface area contributed by atoms with Crippen LogP contribution in [0.15, 0.2) is 0 Å². The molecule has 2 amide bonds. The van der Waals surface area contributed by atoms with Crippen molar-refractivity contribution in [2.75, 3.05) is 27.3 Å². The van der Waals surface area contributed by atoms with Crippen LogP contribution in [0.4, 0.5) is 4.79 Å². The van der Waals surface area contributed by atoms with Gasteiger partial charge in [-0.15, -0.1) is 0 Å². The van der Waals surface area contributed by atoms with Gasteiger partial charge in [0.2, 0.25) is 5.91 Å². The molecule has 6 fully saturated rings. The zero-order valence-corrected chi connectivity index (χ0v) is 31.1. The molecule has 0 unspecified atom stereocenters. The fourth-order valence-electron chi connectivity index (χ4n) is 11.2. The Morgan fingerprint density at radius 2 is 1.28 bits per heavy atom. The molecular weight excluding hydrogens is 598 g/mol. The van der Waals surface area contributed by atoms with Crippen LogP contribution in [0, 0.1) is 37.9 Å². The van der Waals surface area contributed by atoms with E-state index in [9.17, 15) is 19.2 Å². The maximum atomic E-state index is 13.8. The summed E-state index contributed by atoms with van der Waals surface area (Å²) in [6, 6.07) is -1.50. The summed E-state index contributed by atoms with van der Waals surface area (Å²) in [5.74, 6) is -0.718. The lowest BCUT2D eigenvalue weighted by atomic mass is 9.73. The number of hydrogen-bond acceptors (Lipinski definition) is 8. The number of ether oxygens (including phenoxy) is 3. The zero-order chi connectivity index (χ0) is 35.2. The van der Waals surface area contributed by atoms with E-state index in [1.165, 1.54) is 39.9 Å². The van der Waals surface area contributed by atoms with E-state index in [-0.39, 0.29) is 40.1 Å². The predicted octanol–water partition coefficient (Wildman–Crippen LogP) is 5.61. The quantitative estimate of drug-likeness (QED) is 0.295. The van der Waals surface area contributed by atoms with Gasteiger partial charge >= 0.3 is 18.0 Å². The zero-order valence-electron chi connectivity index (χ0n) is 31.1. The number of rotatable bonds is 4. The number of likely N-dealkylation sites (tertiary alicyclic amines) is 1. The first kappa shape index (κ1) is 35.9. The van der Waals surface area contributed by atoms with Gasteiger partial charge in [0, 0.05) is 18.5 Å². The van der Waals surface area contributed by atoms with Crippen LogP contribution < -0.4 is 10.6 Å². The Kier molecular flexibility index (Phi) is 8.47. The van der Waals surface area contributed by atoms with E-state index in [0.29, 0.717) is 29.2 Å². The number of methoxy groups -OCH3 is 2. The van der Waals surface area contributed by atoms with Crippen LogP contribution in [0.25, 0.3) is 0 Å². The second-order valence-corrected chi connectivity index (χ2v) is 18.6. The molecule has 47 heavy (non-hydrogen) atoms. The number of carbonyl (C=O) groups is 4. The molecule has 6 rings (SSSR count). The van der Waals surface area contributed by atoms with Crippen molar-refractivity contribution in [1.82, 2.24) is 15.5 Å². The summed E-state index contributed by atoms with van der Waals surface area (Å²) < 4.78 is 15.3. The van der Waals surface area contributed by atoms with Crippen molar-refractivity contribution >= 4 is 23.9 Å². The second kappa shape index (κ2) is 11.1. The summed E-state index contributed by atoms with van der Waals surface area (Å²) in [5.41, 5.74) is 0.308. The van der Waals surface area contributed by atoms with Crippen LogP contribution in [0.3, 0.4) is 0 Å². The summed E-state index contributed by atoms with van der Waals surface area (Å²) in [7, 11) is 2.85. The van der Waals surface area contributed by atoms with E-state index >= 15 is 0 Å². The number of hydrogen-bond donors (Lipinski definition) is 2. The van der Waals surface area contributed by atoms with E-state index in [4.69, 9.17) is 14.2 Å². The minimum Gasteiger partial charge on any atom is -0.468 e. The van der Waals surface area contributed by atoms with E-state index in [1.54, 1.807) is 25.7 Å². The Hall–Kier alpha value is -2.36. The first-order valence-corrected chi connectivity index (χ1v) is 17.7. The van der Waals surface area contributed by atoms with Gasteiger partial charge in [-0.25, -0.2) is 9.59 Å². The standard InChI is InChI=1S/C24H40N2O5.C13H21NO2/c1-20(2,3)16(25-19(29)31-21(4,5)6)17(27)26-14-24(13-15(26)18(28)30-9)22(7,8)23(24)11-10-12-23;1-11(2)12(5-4-6-12)13(11)7-9(14-8-13)10(15)16-3/h15-16H,10-14H2,1-9H3,(H,25,29);9,14H,4-8H2,1-3H3/t15-,16+,24+;9-,13+/m00/s1. The number of alkyl carbamates (subject to hydrolysis) is 1. The predicted molar refractivity (Wildman–Crippen MR) is 178 cm³/mol. The summed E-state index contributed by atoms with van der Waals surface area (Å²) in [6.07, 6.45) is 8.55. The third kappa shape index (κ3) is 4.95. The third-order valence-electron chi connectivity index (χ3n) is 14.5. The minimum absolute atomic E-state index is 0.0655. The molecule has 2 N–H and O–H groups in total. The minimum atomic E-state index is -0.816. The smallest absolute Gasteiger partial charge is 0.408 e. The first-order valence-electron chi connectivity index (χ1n) is 17.7. The molecule has 5 atom stereocenters. The van der Waals surface area contributed by atoms with E-state index in [1.807, 2.05) is 20.8 Å². The highest BCUT2D eigenvalue weighted by molar-refractivity contribution is 5.91. The number of amides is 2. The molecule has 0 aromatic rings. The molecule has 2 aliphatic heterocycles. The molecule has 6 aliphatic rings. The summed E-state index contributed by atoms with van der Waals surface area (Å²) >= 11 is 0. The topological polar surface area (TPSA) is 123 Å². The number of nitrogens with zero attached hydrogens (tertiary/aromatic N) is 1. The second-order valence-electron chi connectivity index (χ2n) is 18.6. The average Bonchev–Trinajstić information content (AvgIpc) is 3.29. The lowest BCUT2D eigenvalue weighted by Gasteiger charge is -2.36. The van der Waals surface area contributed by atoms with E-state index in [0.717, 1.165) is 25.8 Å². The van der Waals surface area contributed by atoms with Gasteiger partial charge in [0.25, 0.3) is 0 Å².